The minimum Gasteiger partial charge on any atom is -0.318 e. The van der Waals surface area contributed by atoms with Gasteiger partial charge in [-0.15, -0.1) is 0 Å². The van der Waals surface area contributed by atoms with Crippen LogP contribution in [0.3, 0.4) is 0 Å². The van der Waals surface area contributed by atoms with E-state index in [9.17, 15) is 4.79 Å². The van der Waals surface area contributed by atoms with Crippen molar-refractivity contribution in [1.82, 2.24) is 9.55 Å². The normalized spacial score (nSPS) is 12.1. The molecule has 0 fully saturated rings. The largest absolute Gasteiger partial charge is 0.318 e. The average Bonchev–Trinajstić information content (AvgIpc) is 2.51. The number of rotatable bonds is 3. The molecule has 0 amide bonds. The summed E-state index contributed by atoms with van der Waals surface area (Å²) >= 11 is 0. The third-order valence-corrected chi connectivity index (χ3v) is 2.15. The molecule has 1 aromatic rings. The number of hydrogen-bond acceptors (Lipinski definition) is 3. The van der Waals surface area contributed by atoms with Gasteiger partial charge in [0.05, 0.1) is 6.07 Å². The van der Waals surface area contributed by atoms with Crippen LogP contribution in [0.5, 0.6) is 0 Å². The lowest BCUT2D eigenvalue weighted by atomic mass is 10.2. The highest BCUT2D eigenvalue weighted by Gasteiger charge is 2.13. The molecule has 0 saturated heterocycles. The molecule has 0 spiro atoms. The lowest BCUT2D eigenvalue weighted by molar-refractivity contribution is 0.101. The first-order chi connectivity index (χ1) is 6.60. The van der Waals surface area contributed by atoms with Crippen molar-refractivity contribution in [2.75, 3.05) is 0 Å². The fraction of sp³-hybridized carbons (Fsp3) is 0.500. The van der Waals surface area contributed by atoms with E-state index in [1.165, 1.54) is 6.92 Å². The summed E-state index contributed by atoms with van der Waals surface area (Å²) in [6, 6.07) is 1.95. The zero-order valence-corrected chi connectivity index (χ0v) is 8.61. The fourth-order valence-corrected chi connectivity index (χ4v) is 1.32. The number of nitriles is 1. The van der Waals surface area contributed by atoms with Crippen molar-refractivity contribution >= 4 is 5.78 Å². The molecule has 74 valence electrons. The van der Waals surface area contributed by atoms with E-state index in [-0.39, 0.29) is 11.8 Å². The van der Waals surface area contributed by atoms with Crippen molar-refractivity contribution in [3.63, 3.8) is 0 Å². The summed E-state index contributed by atoms with van der Waals surface area (Å²) in [7, 11) is 0. The molecule has 0 bridgehead atoms. The molecule has 0 radical (unpaired) electrons. The van der Waals surface area contributed by atoms with Gasteiger partial charge in [-0.05, 0) is 13.3 Å². The van der Waals surface area contributed by atoms with Crippen molar-refractivity contribution in [1.29, 1.82) is 5.26 Å². The van der Waals surface area contributed by atoms with E-state index in [0.717, 1.165) is 0 Å². The second-order valence-electron chi connectivity index (χ2n) is 3.19. The van der Waals surface area contributed by atoms with Gasteiger partial charge in [-0.1, -0.05) is 6.92 Å². The average molecular weight is 191 g/mol. The maximum atomic E-state index is 11.1. The van der Waals surface area contributed by atoms with Crippen molar-refractivity contribution in [3.05, 3.63) is 17.7 Å². The van der Waals surface area contributed by atoms with Crippen molar-refractivity contribution in [2.24, 2.45) is 0 Å². The minimum atomic E-state index is -0.226. The zero-order valence-electron chi connectivity index (χ0n) is 8.61. The van der Waals surface area contributed by atoms with Crippen LogP contribution in [-0.4, -0.2) is 15.3 Å². The van der Waals surface area contributed by atoms with Gasteiger partial charge in [0.1, 0.15) is 17.6 Å². The summed E-state index contributed by atoms with van der Waals surface area (Å²) in [6.07, 6.45) is 2.36. The maximum absolute atomic E-state index is 11.1. The Morgan fingerprint density at radius 2 is 2.43 bits per heavy atom. The predicted octanol–water partition coefficient (Wildman–Crippen LogP) is 1.87. The molecule has 4 heteroatoms. The molecule has 1 rings (SSSR count). The molecule has 0 aromatic carbocycles. The van der Waals surface area contributed by atoms with Crippen LogP contribution in [0.1, 0.15) is 42.6 Å². The summed E-state index contributed by atoms with van der Waals surface area (Å²) in [4.78, 5) is 15.1. The van der Waals surface area contributed by atoms with Gasteiger partial charge in [-0.25, -0.2) is 4.98 Å². The summed E-state index contributed by atoms with van der Waals surface area (Å²) in [5.74, 6) is 0.642. The van der Waals surface area contributed by atoms with Gasteiger partial charge in [0, 0.05) is 13.1 Å². The van der Waals surface area contributed by atoms with Gasteiger partial charge in [0.25, 0.3) is 0 Å². The Hall–Kier alpha value is -1.63. The number of nitrogens with zero attached hydrogens (tertiary/aromatic N) is 3. The zero-order chi connectivity index (χ0) is 10.7. The number of imidazole rings is 1. The van der Waals surface area contributed by atoms with Gasteiger partial charge in [0.2, 0.25) is 0 Å². The summed E-state index contributed by atoms with van der Waals surface area (Å²) in [5.41, 5.74) is 0.427. The molecule has 1 unspecified atom stereocenters. The van der Waals surface area contributed by atoms with Crippen LogP contribution in [0, 0.1) is 18.3 Å². The Morgan fingerprint density at radius 3 is 2.79 bits per heavy atom. The molecular formula is C10H13N3O. The monoisotopic (exact) mass is 191 g/mol. The third kappa shape index (κ3) is 1.82. The van der Waals surface area contributed by atoms with E-state index >= 15 is 0 Å². The molecular weight excluding hydrogens is 178 g/mol. The number of Topliss-reactive ketones (excluding diaryl/α,β-unsaturated/α-hetero) is 1. The molecule has 1 aromatic heterocycles. The lowest BCUT2D eigenvalue weighted by Gasteiger charge is -2.08. The smallest absolute Gasteiger partial charge is 0.179 e. The van der Waals surface area contributed by atoms with Gasteiger partial charge in [0.15, 0.2) is 5.78 Å². The highest BCUT2D eigenvalue weighted by atomic mass is 16.1. The first kappa shape index (κ1) is 10.5. The lowest BCUT2D eigenvalue weighted by Crippen LogP contribution is -2.06. The molecule has 1 atom stereocenters. The highest BCUT2D eigenvalue weighted by Crippen LogP contribution is 2.14. The molecule has 0 saturated carbocycles. The van der Waals surface area contributed by atoms with Gasteiger partial charge in [-0.2, -0.15) is 5.26 Å². The fourth-order valence-electron chi connectivity index (χ4n) is 1.32. The second kappa shape index (κ2) is 4.05. The second-order valence-corrected chi connectivity index (χ2v) is 3.19. The third-order valence-electron chi connectivity index (χ3n) is 2.15. The van der Waals surface area contributed by atoms with E-state index in [4.69, 9.17) is 5.26 Å². The van der Waals surface area contributed by atoms with Gasteiger partial charge >= 0.3 is 0 Å². The number of aromatic nitrogens is 2. The van der Waals surface area contributed by atoms with E-state index in [2.05, 4.69) is 11.1 Å². The Kier molecular flexibility index (Phi) is 3.03. The number of carbonyl (C=O) groups is 1. The van der Waals surface area contributed by atoms with Gasteiger partial charge in [-0.3, -0.25) is 4.79 Å². The quantitative estimate of drug-likeness (QED) is 0.685. The SMILES string of the molecule is CCC(C#N)n1cc(C(C)=O)nc1C. The van der Waals surface area contributed by atoms with Crippen LogP contribution >= 0.6 is 0 Å². The summed E-state index contributed by atoms with van der Waals surface area (Å²) < 4.78 is 1.75. The predicted molar refractivity (Wildman–Crippen MR) is 51.9 cm³/mol. The first-order valence-corrected chi connectivity index (χ1v) is 4.56. The Labute approximate surface area is 83.2 Å². The standard InChI is InChI=1S/C10H13N3O/c1-4-9(5-11)13-6-10(7(2)14)12-8(13)3/h6,9H,4H2,1-3H3. The minimum absolute atomic E-state index is 0.0698. The van der Waals surface area contributed by atoms with Crippen LogP contribution in [0.4, 0.5) is 0 Å². The Bertz CT molecular complexity index is 387. The summed E-state index contributed by atoms with van der Waals surface area (Å²) in [6.45, 7) is 5.20. The van der Waals surface area contributed by atoms with Crippen molar-refractivity contribution < 1.29 is 4.79 Å². The first-order valence-electron chi connectivity index (χ1n) is 4.56. The molecule has 4 nitrogen and oxygen atoms in total. The topological polar surface area (TPSA) is 58.7 Å². The van der Waals surface area contributed by atoms with E-state index in [1.807, 2.05) is 6.92 Å². The van der Waals surface area contributed by atoms with Crippen LogP contribution in [0.2, 0.25) is 0 Å². The molecule has 0 aliphatic heterocycles. The van der Waals surface area contributed by atoms with E-state index < -0.39 is 0 Å². The highest BCUT2D eigenvalue weighted by molar-refractivity contribution is 5.91. The number of ketones is 1. The maximum Gasteiger partial charge on any atom is 0.179 e. The molecule has 1 heterocycles. The van der Waals surface area contributed by atoms with Crippen LogP contribution in [0.15, 0.2) is 6.20 Å². The van der Waals surface area contributed by atoms with Crippen molar-refractivity contribution in [2.45, 2.75) is 33.2 Å². The number of carbonyl (C=O) groups excluding carboxylic acids is 1. The van der Waals surface area contributed by atoms with Crippen molar-refractivity contribution in [3.8, 4) is 6.07 Å². The van der Waals surface area contributed by atoms with Crippen LogP contribution < -0.4 is 0 Å². The number of aryl methyl sites for hydroxylation is 1. The van der Waals surface area contributed by atoms with Crippen LogP contribution in [-0.2, 0) is 0 Å². The molecule has 0 aliphatic rings. The van der Waals surface area contributed by atoms with E-state index in [1.54, 1.807) is 17.7 Å². The molecule has 0 N–H and O–H groups in total. The summed E-state index contributed by atoms with van der Waals surface area (Å²) in [5, 5.41) is 8.87. The Morgan fingerprint density at radius 1 is 1.79 bits per heavy atom. The van der Waals surface area contributed by atoms with Gasteiger partial charge < -0.3 is 4.57 Å². The molecule has 14 heavy (non-hydrogen) atoms. The Balaban J connectivity index is 3.10. The van der Waals surface area contributed by atoms with E-state index in [0.29, 0.717) is 17.9 Å². The number of hydrogen-bond donors (Lipinski definition) is 0. The van der Waals surface area contributed by atoms with Crippen LogP contribution in [0.25, 0.3) is 0 Å². The molecule has 0 aliphatic carbocycles.